The predicted octanol–water partition coefficient (Wildman–Crippen LogP) is -1.03. The average molecular weight is 245 g/mol. The van der Waals surface area contributed by atoms with Crippen molar-refractivity contribution in [3.63, 3.8) is 0 Å². The van der Waals surface area contributed by atoms with Crippen LogP contribution in [0.4, 0.5) is 0 Å². The second-order valence-electron chi connectivity index (χ2n) is 4.34. The molecule has 0 spiro atoms. The van der Waals surface area contributed by atoms with Gasteiger partial charge in [0, 0.05) is 0 Å². The third-order valence-electron chi connectivity index (χ3n) is 2.52. The third kappa shape index (κ3) is 6.23. The number of hydrogen-bond acceptors (Lipinski definition) is 4. The molecule has 17 heavy (non-hydrogen) atoms. The van der Waals surface area contributed by atoms with E-state index in [1.54, 1.807) is 0 Å². The van der Waals surface area contributed by atoms with Gasteiger partial charge in [0.1, 0.15) is 0 Å². The molecule has 0 saturated heterocycles. The zero-order valence-electron chi connectivity index (χ0n) is 10.7. The molecular formula is C11H23N3O3. The molecule has 5 N–H and O–H groups in total. The Morgan fingerprint density at radius 3 is 2.35 bits per heavy atom. The highest BCUT2D eigenvalue weighted by Gasteiger charge is 2.18. The van der Waals surface area contributed by atoms with Gasteiger partial charge in [-0.25, -0.2) is 0 Å². The average Bonchev–Trinajstić information content (AvgIpc) is 2.31. The van der Waals surface area contributed by atoms with E-state index in [0.717, 1.165) is 0 Å². The lowest BCUT2D eigenvalue weighted by molar-refractivity contribution is -0.127. The van der Waals surface area contributed by atoms with Crippen molar-refractivity contribution in [2.75, 3.05) is 13.2 Å². The van der Waals surface area contributed by atoms with E-state index in [1.165, 1.54) is 0 Å². The van der Waals surface area contributed by atoms with Crippen LogP contribution in [0, 0.1) is 5.92 Å². The lowest BCUT2D eigenvalue weighted by atomic mass is 10.1. The number of aliphatic hydroxyl groups is 1. The summed E-state index contributed by atoms with van der Waals surface area (Å²) in [6.07, 6.45) is 0.641. The molecule has 0 bridgehead atoms. The predicted molar refractivity (Wildman–Crippen MR) is 65.1 cm³/mol. The second kappa shape index (κ2) is 8.03. The number of nitrogens with two attached hydrogens (primary N) is 1. The van der Waals surface area contributed by atoms with Gasteiger partial charge < -0.3 is 21.5 Å². The fourth-order valence-corrected chi connectivity index (χ4v) is 1.14. The molecule has 0 fully saturated rings. The minimum absolute atomic E-state index is 0.0268. The van der Waals surface area contributed by atoms with Gasteiger partial charge in [-0.05, 0) is 12.3 Å². The topological polar surface area (TPSA) is 104 Å². The SMILES string of the molecule is CC[C@H](CO)NC(=O)CNC(=O)[C@@H](N)C(C)C. The molecule has 0 radical (unpaired) electrons. The van der Waals surface area contributed by atoms with Crippen LogP contribution in [0.5, 0.6) is 0 Å². The van der Waals surface area contributed by atoms with Crippen molar-refractivity contribution in [1.82, 2.24) is 10.6 Å². The van der Waals surface area contributed by atoms with Crippen molar-refractivity contribution in [2.24, 2.45) is 11.7 Å². The number of rotatable bonds is 7. The maximum Gasteiger partial charge on any atom is 0.239 e. The van der Waals surface area contributed by atoms with Gasteiger partial charge in [0.15, 0.2) is 0 Å². The zero-order chi connectivity index (χ0) is 13.4. The van der Waals surface area contributed by atoms with E-state index in [4.69, 9.17) is 10.8 Å². The van der Waals surface area contributed by atoms with Crippen molar-refractivity contribution in [3.05, 3.63) is 0 Å². The summed E-state index contributed by atoms with van der Waals surface area (Å²) >= 11 is 0. The molecule has 0 rings (SSSR count). The molecular weight excluding hydrogens is 222 g/mol. The smallest absolute Gasteiger partial charge is 0.239 e. The molecule has 0 heterocycles. The molecule has 0 unspecified atom stereocenters. The minimum atomic E-state index is -0.609. The van der Waals surface area contributed by atoms with Crippen LogP contribution in [0.2, 0.25) is 0 Å². The number of aliphatic hydroxyl groups excluding tert-OH is 1. The lowest BCUT2D eigenvalue weighted by Gasteiger charge is -2.17. The first kappa shape index (κ1) is 15.9. The number of hydrogen-bond donors (Lipinski definition) is 4. The van der Waals surface area contributed by atoms with Crippen LogP contribution in [0.3, 0.4) is 0 Å². The Bertz CT molecular complexity index is 252. The molecule has 0 aliphatic carbocycles. The highest BCUT2D eigenvalue weighted by Crippen LogP contribution is 1.97. The molecule has 0 aromatic carbocycles. The Morgan fingerprint density at radius 2 is 1.94 bits per heavy atom. The summed E-state index contributed by atoms with van der Waals surface area (Å²) in [5.41, 5.74) is 5.62. The molecule has 0 aliphatic heterocycles. The quantitative estimate of drug-likeness (QED) is 0.460. The van der Waals surface area contributed by atoms with Crippen molar-refractivity contribution in [1.29, 1.82) is 0 Å². The van der Waals surface area contributed by atoms with Crippen LogP contribution in [-0.2, 0) is 9.59 Å². The Kier molecular flexibility index (Phi) is 7.49. The summed E-state index contributed by atoms with van der Waals surface area (Å²) in [5, 5.41) is 13.9. The molecule has 0 aromatic heterocycles. The van der Waals surface area contributed by atoms with Gasteiger partial charge in [0.25, 0.3) is 0 Å². The van der Waals surface area contributed by atoms with Gasteiger partial charge in [-0.15, -0.1) is 0 Å². The Morgan fingerprint density at radius 1 is 1.35 bits per heavy atom. The summed E-state index contributed by atoms with van der Waals surface area (Å²) in [7, 11) is 0. The first-order valence-electron chi connectivity index (χ1n) is 5.85. The number of amides is 2. The summed E-state index contributed by atoms with van der Waals surface area (Å²) < 4.78 is 0. The number of carbonyl (C=O) groups excluding carboxylic acids is 2. The Labute approximate surface area is 102 Å². The van der Waals surface area contributed by atoms with Crippen molar-refractivity contribution in [3.8, 4) is 0 Å². The largest absolute Gasteiger partial charge is 0.394 e. The van der Waals surface area contributed by atoms with Gasteiger partial charge in [0.2, 0.25) is 11.8 Å². The van der Waals surface area contributed by atoms with Crippen LogP contribution >= 0.6 is 0 Å². The fourth-order valence-electron chi connectivity index (χ4n) is 1.14. The van der Waals surface area contributed by atoms with E-state index in [0.29, 0.717) is 6.42 Å². The lowest BCUT2D eigenvalue weighted by Crippen LogP contribution is -2.48. The molecule has 2 amide bonds. The van der Waals surface area contributed by atoms with Crippen molar-refractivity contribution >= 4 is 11.8 Å². The molecule has 6 nitrogen and oxygen atoms in total. The van der Waals surface area contributed by atoms with Gasteiger partial charge >= 0.3 is 0 Å². The van der Waals surface area contributed by atoms with Gasteiger partial charge in [-0.1, -0.05) is 20.8 Å². The van der Waals surface area contributed by atoms with Crippen molar-refractivity contribution in [2.45, 2.75) is 39.3 Å². The van der Waals surface area contributed by atoms with E-state index >= 15 is 0 Å². The number of carbonyl (C=O) groups is 2. The molecule has 100 valence electrons. The highest BCUT2D eigenvalue weighted by molar-refractivity contribution is 5.87. The van der Waals surface area contributed by atoms with Crippen LogP contribution in [0.15, 0.2) is 0 Å². The molecule has 6 heteroatoms. The number of nitrogens with one attached hydrogen (secondary N) is 2. The van der Waals surface area contributed by atoms with Crippen LogP contribution in [0.25, 0.3) is 0 Å². The van der Waals surface area contributed by atoms with E-state index in [2.05, 4.69) is 10.6 Å². The summed E-state index contributed by atoms with van der Waals surface area (Å²) in [5.74, 6) is -0.638. The summed E-state index contributed by atoms with van der Waals surface area (Å²) in [6.45, 7) is 5.30. The van der Waals surface area contributed by atoms with Crippen molar-refractivity contribution < 1.29 is 14.7 Å². The molecule has 0 aromatic rings. The first-order valence-corrected chi connectivity index (χ1v) is 5.85. The third-order valence-corrected chi connectivity index (χ3v) is 2.52. The van der Waals surface area contributed by atoms with E-state index in [1.807, 2.05) is 20.8 Å². The highest BCUT2D eigenvalue weighted by atomic mass is 16.3. The van der Waals surface area contributed by atoms with Gasteiger partial charge in [-0.2, -0.15) is 0 Å². The van der Waals surface area contributed by atoms with Gasteiger partial charge in [-0.3, -0.25) is 9.59 Å². The van der Waals surface area contributed by atoms with E-state index in [-0.39, 0.29) is 36.9 Å². The summed E-state index contributed by atoms with van der Waals surface area (Å²) in [4.78, 5) is 22.8. The fraction of sp³-hybridized carbons (Fsp3) is 0.818. The molecule has 0 saturated carbocycles. The van der Waals surface area contributed by atoms with E-state index in [9.17, 15) is 9.59 Å². The minimum Gasteiger partial charge on any atom is -0.394 e. The standard InChI is InChI=1S/C11H23N3O3/c1-4-8(6-15)14-9(16)5-13-11(17)10(12)7(2)3/h7-8,10,15H,4-6,12H2,1-3H3,(H,13,17)(H,14,16)/t8-,10+/m1/s1. The first-order chi connectivity index (χ1) is 7.92. The van der Waals surface area contributed by atoms with Crippen LogP contribution in [-0.4, -0.2) is 42.2 Å². The molecule has 0 aliphatic rings. The Hall–Kier alpha value is -1.14. The maximum absolute atomic E-state index is 11.4. The maximum atomic E-state index is 11.4. The zero-order valence-corrected chi connectivity index (χ0v) is 10.7. The van der Waals surface area contributed by atoms with Crippen LogP contribution in [0.1, 0.15) is 27.2 Å². The Balaban J connectivity index is 3.95. The monoisotopic (exact) mass is 245 g/mol. The van der Waals surface area contributed by atoms with E-state index < -0.39 is 6.04 Å². The normalized spacial score (nSPS) is 14.2. The van der Waals surface area contributed by atoms with Crippen LogP contribution < -0.4 is 16.4 Å². The van der Waals surface area contributed by atoms with Gasteiger partial charge in [0.05, 0.1) is 25.2 Å². The molecule has 2 atom stereocenters. The summed E-state index contributed by atoms with van der Waals surface area (Å²) in [6, 6.07) is -0.874. The second-order valence-corrected chi connectivity index (χ2v) is 4.34.